The second-order valence-electron chi connectivity index (χ2n) is 4.78. The number of hydrogen-bond acceptors (Lipinski definition) is 4. The zero-order chi connectivity index (χ0) is 15.7. The van der Waals surface area contributed by atoms with Crippen LogP contribution < -0.4 is 4.74 Å². The Kier molecular flexibility index (Phi) is 3.77. The minimum absolute atomic E-state index is 0.0163. The van der Waals surface area contributed by atoms with Crippen LogP contribution in [0.1, 0.15) is 15.9 Å². The number of rotatable bonds is 2. The third-order valence-electron chi connectivity index (χ3n) is 3.31. The van der Waals surface area contributed by atoms with Crippen LogP contribution in [0.15, 0.2) is 52.5 Å². The standard InChI is InChI=1S/C16H10BrNO4/c17-12-3-6-15-14(8-12)16(19)11(9-22-15)7-10-1-4-13(5-2-10)18(20)21/h1-8H,9H2/b11-7+. The van der Waals surface area contributed by atoms with Crippen LogP contribution >= 0.6 is 15.9 Å². The molecule has 110 valence electrons. The average molecular weight is 360 g/mol. The molecule has 1 aliphatic rings. The summed E-state index contributed by atoms with van der Waals surface area (Å²) in [7, 11) is 0. The molecule has 0 fully saturated rings. The maximum absolute atomic E-state index is 12.5. The van der Waals surface area contributed by atoms with Gasteiger partial charge in [-0.25, -0.2) is 0 Å². The van der Waals surface area contributed by atoms with Crippen molar-refractivity contribution >= 4 is 33.5 Å². The summed E-state index contributed by atoms with van der Waals surface area (Å²) in [6, 6.07) is 11.3. The largest absolute Gasteiger partial charge is 0.488 e. The predicted octanol–water partition coefficient (Wildman–Crippen LogP) is 4.02. The number of ketones is 1. The number of Topliss-reactive ketones (excluding diaryl/α,β-unsaturated/α-hetero) is 1. The highest BCUT2D eigenvalue weighted by atomic mass is 79.9. The van der Waals surface area contributed by atoms with Crippen LogP contribution in [0.25, 0.3) is 6.08 Å². The van der Waals surface area contributed by atoms with Gasteiger partial charge < -0.3 is 4.74 Å². The Morgan fingerprint density at radius 1 is 1.18 bits per heavy atom. The van der Waals surface area contributed by atoms with Crippen LogP contribution in [-0.2, 0) is 0 Å². The molecule has 1 aliphatic heterocycles. The van der Waals surface area contributed by atoms with Crippen molar-refractivity contribution in [1.29, 1.82) is 0 Å². The van der Waals surface area contributed by atoms with Gasteiger partial charge in [0.2, 0.25) is 0 Å². The van der Waals surface area contributed by atoms with Gasteiger partial charge in [0.25, 0.3) is 5.69 Å². The highest BCUT2D eigenvalue weighted by molar-refractivity contribution is 9.10. The van der Waals surface area contributed by atoms with Gasteiger partial charge in [-0.15, -0.1) is 0 Å². The molecular formula is C16H10BrNO4. The molecule has 2 aromatic carbocycles. The van der Waals surface area contributed by atoms with Gasteiger partial charge in [-0.1, -0.05) is 15.9 Å². The molecule has 1 heterocycles. The monoisotopic (exact) mass is 359 g/mol. The van der Waals surface area contributed by atoms with Crippen LogP contribution in [-0.4, -0.2) is 17.3 Å². The third-order valence-corrected chi connectivity index (χ3v) is 3.80. The summed E-state index contributed by atoms with van der Waals surface area (Å²) in [5.74, 6) is 0.468. The molecule has 0 saturated heterocycles. The Morgan fingerprint density at radius 2 is 1.91 bits per heavy atom. The van der Waals surface area contributed by atoms with Crippen molar-refractivity contribution in [2.75, 3.05) is 6.61 Å². The summed E-state index contributed by atoms with van der Waals surface area (Å²) in [6.45, 7) is 0.185. The number of carbonyl (C=O) groups excluding carboxylic acids is 1. The van der Waals surface area contributed by atoms with Gasteiger partial charge in [-0.3, -0.25) is 14.9 Å². The molecule has 0 aromatic heterocycles. The molecule has 6 heteroatoms. The minimum Gasteiger partial charge on any atom is -0.488 e. The van der Waals surface area contributed by atoms with Gasteiger partial charge in [0.1, 0.15) is 12.4 Å². The predicted molar refractivity (Wildman–Crippen MR) is 85.0 cm³/mol. The average Bonchev–Trinajstić information content (AvgIpc) is 2.51. The van der Waals surface area contributed by atoms with Crippen molar-refractivity contribution in [3.63, 3.8) is 0 Å². The number of nitrogens with zero attached hydrogens (tertiary/aromatic N) is 1. The Morgan fingerprint density at radius 3 is 2.59 bits per heavy atom. The van der Waals surface area contributed by atoms with Crippen molar-refractivity contribution in [3.05, 3.63) is 73.8 Å². The maximum Gasteiger partial charge on any atom is 0.269 e. The first-order valence-electron chi connectivity index (χ1n) is 6.46. The van der Waals surface area contributed by atoms with E-state index in [1.807, 2.05) is 6.07 Å². The lowest BCUT2D eigenvalue weighted by molar-refractivity contribution is -0.384. The Hall–Kier alpha value is -2.47. The molecule has 0 N–H and O–H groups in total. The first kappa shape index (κ1) is 14.5. The van der Waals surface area contributed by atoms with Crippen LogP contribution in [0.3, 0.4) is 0 Å². The van der Waals surface area contributed by atoms with Crippen LogP contribution in [0.2, 0.25) is 0 Å². The molecule has 0 atom stereocenters. The SMILES string of the molecule is O=C1/C(=C/c2ccc([N+](=O)[O-])cc2)COc2ccc(Br)cc21. The van der Waals surface area contributed by atoms with Crippen molar-refractivity contribution in [2.45, 2.75) is 0 Å². The highest BCUT2D eigenvalue weighted by Gasteiger charge is 2.23. The zero-order valence-corrected chi connectivity index (χ0v) is 12.9. The summed E-state index contributed by atoms with van der Waals surface area (Å²) in [6.07, 6.45) is 1.69. The second-order valence-corrected chi connectivity index (χ2v) is 5.69. The topological polar surface area (TPSA) is 69.4 Å². The molecule has 0 saturated carbocycles. The number of fused-ring (bicyclic) bond motifs is 1. The van der Waals surface area contributed by atoms with E-state index in [9.17, 15) is 14.9 Å². The number of benzene rings is 2. The fraction of sp³-hybridized carbons (Fsp3) is 0.0625. The molecule has 0 unspecified atom stereocenters. The van der Waals surface area contributed by atoms with E-state index in [0.717, 1.165) is 10.0 Å². The van der Waals surface area contributed by atoms with Crippen molar-refractivity contribution in [2.24, 2.45) is 0 Å². The molecular weight excluding hydrogens is 350 g/mol. The van der Waals surface area contributed by atoms with E-state index >= 15 is 0 Å². The molecule has 22 heavy (non-hydrogen) atoms. The van der Waals surface area contributed by atoms with E-state index < -0.39 is 4.92 Å². The lowest BCUT2D eigenvalue weighted by Gasteiger charge is -2.19. The summed E-state index contributed by atoms with van der Waals surface area (Å²) in [4.78, 5) is 22.6. The number of nitro groups is 1. The molecule has 0 bridgehead atoms. The molecule has 2 aromatic rings. The summed E-state index contributed by atoms with van der Waals surface area (Å²) >= 11 is 3.34. The van der Waals surface area contributed by atoms with Gasteiger partial charge in [-0.05, 0) is 42.0 Å². The van der Waals surface area contributed by atoms with E-state index in [1.165, 1.54) is 12.1 Å². The van der Waals surface area contributed by atoms with E-state index in [4.69, 9.17) is 4.74 Å². The van der Waals surface area contributed by atoms with E-state index in [1.54, 1.807) is 30.3 Å². The van der Waals surface area contributed by atoms with Crippen LogP contribution in [0, 0.1) is 10.1 Å². The zero-order valence-electron chi connectivity index (χ0n) is 11.3. The first-order chi connectivity index (χ1) is 10.5. The maximum atomic E-state index is 12.5. The number of halogens is 1. The smallest absolute Gasteiger partial charge is 0.269 e. The number of ether oxygens (including phenoxy) is 1. The van der Waals surface area contributed by atoms with Gasteiger partial charge >= 0.3 is 0 Å². The third kappa shape index (κ3) is 2.78. The Bertz CT molecular complexity index is 796. The van der Waals surface area contributed by atoms with Crippen LogP contribution in [0.4, 0.5) is 5.69 Å². The number of non-ortho nitro benzene ring substituents is 1. The van der Waals surface area contributed by atoms with Gasteiger partial charge in [0.15, 0.2) is 5.78 Å². The Balaban J connectivity index is 1.92. The fourth-order valence-electron chi connectivity index (χ4n) is 2.20. The summed E-state index contributed by atoms with van der Waals surface area (Å²) in [5, 5.41) is 10.6. The lowest BCUT2D eigenvalue weighted by Crippen LogP contribution is -2.18. The molecule has 0 spiro atoms. The molecule has 0 radical (unpaired) electrons. The van der Waals surface area contributed by atoms with Crippen LogP contribution in [0.5, 0.6) is 5.75 Å². The molecule has 5 nitrogen and oxygen atoms in total. The Labute approximate surface area is 134 Å². The second kappa shape index (κ2) is 5.73. The first-order valence-corrected chi connectivity index (χ1v) is 7.26. The van der Waals surface area contributed by atoms with Crippen molar-refractivity contribution in [3.8, 4) is 5.75 Å². The van der Waals surface area contributed by atoms with E-state index in [0.29, 0.717) is 16.9 Å². The molecule has 0 amide bonds. The van der Waals surface area contributed by atoms with Crippen molar-refractivity contribution in [1.82, 2.24) is 0 Å². The number of nitro benzene ring substituents is 1. The van der Waals surface area contributed by atoms with Crippen molar-refractivity contribution < 1.29 is 14.5 Å². The molecule has 3 rings (SSSR count). The van der Waals surface area contributed by atoms with Gasteiger partial charge in [0, 0.05) is 22.2 Å². The van der Waals surface area contributed by atoms with Gasteiger partial charge in [-0.2, -0.15) is 0 Å². The quantitative estimate of drug-likeness (QED) is 0.461. The fourth-order valence-corrected chi connectivity index (χ4v) is 2.56. The summed E-state index contributed by atoms with van der Waals surface area (Å²) < 4.78 is 6.38. The van der Waals surface area contributed by atoms with Gasteiger partial charge in [0.05, 0.1) is 10.5 Å². The lowest BCUT2D eigenvalue weighted by atomic mass is 9.98. The molecule has 0 aliphatic carbocycles. The minimum atomic E-state index is -0.459. The van der Waals surface area contributed by atoms with E-state index in [2.05, 4.69) is 15.9 Å². The highest BCUT2D eigenvalue weighted by Crippen LogP contribution is 2.30. The number of hydrogen-bond donors (Lipinski definition) is 0. The van der Waals surface area contributed by atoms with E-state index in [-0.39, 0.29) is 18.1 Å². The summed E-state index contributed by atoms with van der Waals surface area (Å²) in [5.41, 5.74) is 1.76. The number of carbonyl (C=O) groups is 1. The normalized spacial score (nSPS) is 15.3.